The van der Waals surface area contributed by atoms with E-state index in [1.165, 1.54) is 0 Å². The molecule has 2 bridgehead atoms. The van der Waals surface area contributed by atoms with E-state index in [1.54, 1.807) is 16.4 Å². The molecule has 2 aromatic carbocycles. The number of hydrogen-bond acceptors (Lipinski definition) is 6. The highest BCUT2D eigenvalue weighted by molar-refractivity contribution is 7.89. The molecule has 1 saturated heterocycles. The molecule has 0 aromatic heterocycles. The second kappa shape index (κ2) is 12.7. The summed E-state index contributed by atoms with van der Waals surface area (Å²) in [7, 11) is 0.292. The molecule has 0 atom stereocenters. The van der Waals surface area contributed by atoms with E-state index in [4.69, 9.17) is 0 Å². The first kappa shape index (κ1) is 28.6. The van der Waals surface area contributed by atoms with Gasteiger partial charge in [-0.15, -0.1) is 0 Å². The Morgan fingerprint density at radius 2 is 1.71 bits per heavy atom. The van der Waals surface area contributed by atoms with Crippen LogP contribution in [-0.2, 0) is 21.4 Å². The maximum absolute atomic E-state index is 13.5. The van der Waals surface area contributed by atoms with Crippen LogP contribution in [0.1, 0.15) is 18.4 Å². The number of amides is 1. The number of nitrogens with one attached hydrogen (secondary N) is 3. The molecule has 2 aliphatic heterocycles. The van der Waals surface area contributed by atoms with Crippen LogP contribution in [0.25, 0.3) is 0 Å². The summed E-state index contributed by atoms with van der Waals surface area (Å²) in [5.41, 5.74) is 11.6. The van der Waals surface area contributed by atoms with Gasteiger partial charge in [0.1, 0.15) is 0 Å². The molecule has 8 nitrogen and oxygen atoms in total. The van der Waals surface area contributed by atoms with E-state index >= 15 is 0 Å². The van der Waals surface area contributed by atoms with Crippen LogP contribution in [0.3, 0.4) is 0 Å². The quantitative estimate of drug-likeness (QED) is 0.468. The van der Waals surface area contributed by atoms with Gasteiger partial charge in [0, 0.05) is 46.0 Å². The van der Waals surface area contributed by atoms with Gasteiger partial charge in [-0.05, 0) is 65.8 Å². The third-order valence-electron chi connectivity index (χ3n) is 7.63. The molecule has 2 heterocycles. The van der Waals surface area contributed by atoms with Crippen molar-refractivity contribution in [3.8, 4) is 0 Å². The minimum atomic E-state index is -3.57. The Hall–Kier alpha value is -3.92. The van der Waals surface area contributed by atoms with Crippen LogP contribution in [0, 0.1) is 5.92 Å². The van der Waals surface area contributed by atoms with Crippen molar-refractivity contribution >= 4 is 21.6 Å². The van der Waals surface area contributed by atoms with Crippen LogP contribution >= 0.6 is 0 Å². The second-order valence-electron chi connectivity index (χ2n) is 10.6. The zero-order valence-corrected chi connectivity index (χ0v) is 24.3. The van der Waals surface area contributed by atoms with Crippen molar-refractivity contribution in [2.24, 2.45) is 5.92 Å². The molecular weight excluding hydrogens is 534 g/mol. The van der Waals surface area contributed by atoms with Crippen LogP contribution in [0.5, 0.6) is 0 Å². The summed E-state index contributed by atoms with van der Waals surface area (Å²) in [6, 6.07) is 16.9. The highest BCUT2D eigenvalue weighted by atomic mass is 32.2. The maximum atomic E-state index is 13.5. The van der Waals surface area contributed by atoms with Crippen LogP contribution in [-0.4, -0.2) is 52.4 Å². The molecule has 0 unspecified atom stereocenters. The number of carbonyl (C=O) groups excluding carboxylic acids is 1. The summed E-state index contributed by atoms with van der Waals surface area (Å²) in [5, 5.41) is 3.07. The number of hydrazine groups is 1. The number of nitrogens with zero attached hydrogens (tertiary/aromatic N) is 2. The molecule has 1 fully saturated rings. The Labute approximate surface area is 242 Å². The fraction of sp³-hybridized carbons (Fsp3) is 0.281. The Bertz CT molecular complexity index is 1510. The largest absolute Gasteiger partial charge is 0.378 e. The molecule has 214 valence electrons. The predicted octanol–water partition coefficient (Wildman–Crippen LogP) is 3.81. The van der Waals surface area contributed by atoms with Crippen LogP contribution < -0.4 is 21.1 Å². The first-order chi connectivity index (χ1) is 19.8. The minimum Gasteiger partial charge on any atom is -0.378 e. The van der Waals surface area contributed by atoms with Crippen LogP contribution in [0.15, 0.2) is 118 Å². The van der Waals surface area contributed by atoms with Gasteiger partial charge in [-0.1, -0.05) is 60.7 Å². The summed E-state index contributed by atoms with van der Waals surface area (Å²) in [5.74, 6) is 0.00899. The van der Waals surface area contributed by atoms with E-state index in [-0.39, 0.29) is 11.8 Å². The summed E-state index contributed by atoms with van der Waals surface area (Å²) in [6.45, 7) is 1.88. The third-order valence-corrected chi connectivity index (χ3v) is 9.54. The predicted molar refractivity (Wildman–Crippen MR) is 163 cm³/mol. The van der Waals surface area contributed by atoms with Crippen LogP contribution in [0.2, 0.25) is 0 Å². The van der Waals surface area contributed by atoms with E-state index in [0.29, 0.717) is 55.2 Å². The molecule has 41 heavy (non-hydrogen) atoms. The zero-order valence-electron chi connectivity index (χ0n) is 23.5. The van der Waals surface area contributed by atoms with Gasteiger partial charge in [0.2, 0.25) is 10.0 Å². The molecule has 1 aliphatic carbocycles. The number of sulfonamides is 1. The average Bonchev–Trinajstić information content (AvgIpc) is 3.13. The highest BCUT2D eigenvalue weighted by Gasteiger charge is 2.31. The highest BCUT2D eigenvalue weighted by Crippen LogP contribution is 2.32. The second-order valence-corrected chi connectivity index (χ2v) is 12.5. The van der Waals surface area contributed by atoms with Crippen molar-refractivity contribution in [2.75, 3.05) is 38.6 Å². The third kappa shape index (κ3) is 6.70. The molecule has 5 rings (SSSR count). The van der Waals surface area contributed by atoms with E-state index in [1.807, 2.05) is 85.8 Å². The summed E-state index contributed by atoms with van der Waals surface area (Å²) < 4.78 is 28.3. The lowest BCUT2D eigenvalue weighted by atomic mass is 9.87. The summed E-state index contributed by atoms with van der Waals surface area (Å²) in [4.78, 5) is 15.8. The number of allylic oxidation sites excluding steroid dienone is 6. The Kier molecular flexibility index (Phi) is 8.87. The molecule has 2 aromatic rings. The number of hydrogen-bond donors (Lipinski definition) is 3. The van der Waals surface area contributed by atoms with Gasteiger partial charge in [0.15, 0.2) is 0 Å². The average molecular weight is 572 g/mol. The van der Waals surface area contributed by atoms with E-state index in [0.717, 1.165) is 22.4 Å². The van der Waals surface area contributed by atoms with Gasteiger partial charge < -0.3 is 15.6 Å². The van der Waals surface area contributed by atoms with Gasteiger partial charge in [-0.25, -0.2) is 13.8 Å². The molecule has 0 spiro atoms. The van der Waals surface area contributed by atoms with Gasteiger partial charge in [-0.2, -0.15) is 4.31 Å². The van der Waals surface area contributed by atoms with Crippen molar-refractivity contribution < 1.29 is 13.2 Å². The van der Waals surface area contributed by atoms with E-state index in [2.05, 4.69) is 28.3 Å². The number of benzene rings is 2. The number of rotatable bonds is 7. The minimum absolute atomic E-state index is 0.164. The topological polar surface area (TPSA) is 93.8 Å². The van der Waals surface area contributed by atoms with Gasteiger partial charge >= 0.3 is 0 Å². The van der Waals surface area contributed by atoms with Crippen LogP contribution in [0.4, 0.5) is 5.69 Å². The first-order valence-corrected chi connectivity index (χ1v) is 15.4. The smallest absolute Gasteiger partial charge is 0.254 e. The summed E-state index contributed by atoms with van der Waals surface area (Å²) in [6.07, 6.45) is 13.3. The van der Waals surface area contributed by atoms with Crippen molar-refractivity contribution in [3.63, 3.8) is 0 Å². The number of fused-ring (bicyclic) bond motifs is 1. The van der Waals surface area contributed by atoms with Gasteiger partial charge in [0.05, 0.1) is 16.2 Å². The van der Waals surface area contributed by atoms with Gasteiger partial charge in [0.25, 0.3) is 5.91 Å². The summed E-state index contributed by atoms with van der Waals surface area (Å²) >= 11 is 0. The van der Waals surface area contributed by atoms with Crippen molar-refractivity contribution in [2.45, 2.75) is 24.3 Å². The fourth-order valence-electron chi connectivity index (χ4n) is 5.31. The standard InChI is InChI=1S/C32H37N5O3S/c1-36(2)28-12-14-29(15-13-28)41(39,40)37-20-17-25(18-21-37)26-16-19-34-35-30-11-7-6-10-27(22-26)31(30)32(38)33-23-24-8-4-3-5-9-24/h3-16,22,25,34-35H,17-21,23H2,1-2H3,(H,33,38). The van der Waals surface area contributed by atoms with Gasteiger partial charge in [-0.3, -0.25) is 4.79 Å². The lowest BCUT2D eigenvalue weighted by Crippen LogP contribution is -2.38. The molecule has 3 N–H and O–H groups in total. The Balaban J connectivity index is 1.32. The van der Waals surface area contributed by atoms with E-state index in [9.17, 15) is 13.2 Å². The SMILES string of the molecule is CN(C)c1ccc(S(=O)(=O)N2CCC(C3=CCNNC4=C(C(=O)NCc5ccccc5)C(=C3)C=CC=C4)CC2)cc1. The lowest BCUT2D eigenvalue weighted by molar-refractivity contribution is -0.117. The number of piperidine rings is 1. The van der Waals surface area contributed by atoms with Crippen molar-refractivity contribution in [1.29, 1.82) is 0 Å². The molecule has 1 amide bonds. The molecule has 0 radical (unpaired) electrons. The normalized spacial score (nSPS) is 18.3. The first-order valence-electron chi connectivity index (χ1n) is 13.9. The molecule has 3 aliphatic rings. The fourth-order valence-corrected chi connectivity index (χ4v) is 6.78. The van der Waals surface area contributed by atoms with E-state index < -0.39 is 10.0 Å². The molecule has 9 heteroatoms. The Morgan fingerprint density at radius 1 is 1.00 bits per heavy atom. The lowest BCUT2D eigenvalue weighted by Gasteiger charge is -2.32. The maximum Gasteiger partial charge on any atom is 0.254 e. The van der Waals surface area contributed by atoms with Crippen molar-refractivity contribution in [3.05, 3.63) is 119 Å². The Morgan fingerprint density at radius 3 is 2.41 bits per heavy atom. The van der Waals surface area contributed by atoms with Crippen molar-refractivity contribution in [1.82, 2.24) is 20.5 Å². The molecule has 0 saturated carbocycles. The monoisotopic (exact) mass is 571 g/mol. The number of carbonyl (C=O) groups is 1. The number of anilines is 1. The molecular formula is C32H37N5O3S. The zero-order chi connectivity index (χ0) is 28.8.